The molecule has 2 amide bonds. The monoisotopic (exact) mass is 441 g/mol. The minimum absolute atomic E-state index is 0.00225. The van der Waals surface area contributed by atoms with E-state index in [-0.39, 0.29) is 23.4 Å². The van der Waals surface area contributed by atoms with Crippen molar-refractivity contribution in [2.24, 2.45) is 0 Å². The van der Waals surface area contributed by atoms with E-state index in [1.165, 1.54) is 0 Å². The van der Waals surface area contributed by atoms with Gasteiger partial charge in [-0.25, -0.2) is 0 Å². The number of benzene rings is 2. The minimum atomic E-state index is -0.176. The molecule has 2 aliphatic rings. The molecule has 0 aliphatic carbocycles. The molecule has 0 radical (unpaired) electrons. The number of nitrogens with zero attached hydrogens (tertiary/aromatic N) is 3. The molecule has 2 aromatic rings. The van der Waals surface area contributed by atoms with E-state index in [0.29, 0.717) is 48.1 Å². The average Bonchev–Trinajstić information content (AvgIpc) is 2.77. The molecule has 31 heavy (non-hydrogen) atoms. The summed E-state index contributed by atoms with van der Waals surface area (Å²) in [4.78, 5) is 32.6. The Hall–Kier alpha value is -2.57. The first-order valence-electron chi connectivity index (χ1n) is 10.5. The van der Waals surface area contributed by atoms with Crippen molar-refractivity contribution in [2.45, 2.75) is 25.4 Å². The van der Waals surface area contributed by atoms with Crippen LogP contribution in [0.5, 0.6) is 5.75 Å². The van der Waals surface area contributed by atoms with Gasteiger partial charge in [-0.1, -0.05) is 23.7 Å². The maximum Gasteiger partial charge on any atom is 0.257 e. The molecule has 1 atom stereocenters. The number of fused-ring (bicyclic) bond motifs is 1. The van der Waals surface area contributed by atoms with Crippen LogP contribution >= 0.6 is 11.6 Å². The van der Waals surface area contributed by atoms with E-state index >= 15 is 0 Å². The summed E-state index contributed by atoms with van der Waals surface area (Å²) in [6, 6.07) is 14.4. The number of hydrogen-bond acceptors (Lipinski definition) is 4. The van der Waals surface area contributed by atoms with Crippen LogP contribution in [0.25, 0.3) is 0 Å². The van der Waals surface area contributed by atoms with Gasteiger partial charge in [-0.2, -0.15) is 0 Å². The molecule has 4 rings (SSSR count). The van der Waals surface area contributed by atoms with Crippen LogP contribution in [0.1, 0.15) is 34.6 Å². The van der Waals surface area contributed by atoms with Crippen molar-refractivity contribution >= 4 is 23.4 Å². The highest BCUT2D eigenvalue weighted by Gasteiger charge is 2.44. The normalized spacial score (nSPS) is 20.8. The van der Waals surface area contributed by atoms with Gasteiger partial charge in [0.2, 0.25) is 0 Å². The van der Waals surface area contributed by atoms with E-state index in [1.807, 2.05) is 21.9 Å². The third kappa shape index (κ3) is 4.27. The van der Waals surface area contributed by atoms with Gasteiger partial charge in [-0.3, -0.25) is 14.5 Å². The fraction of sp³-hybridized carbons (Fsp3) is 0.417. The molecule has 0 N–H and O–H groups in total. The number of halogens is 1. The Balaban J connectivity index is 1.53. The van der Waals surface area contributed by atoms with E-state index in [1.54, 1.807) is 43.5 Å². The molecule has 0 saturated carbocycles. The molecule has 2 saturated heterocycles. The summed E-state index contributed by atoms with van der Waals surface area (Å²) in [6.07, 6.45) is 0. The summed E-state index contributed by atoms with van der Waals surface area (Å²) in [5.74, 6) is 0.548. The highest BCUT2D eigenvalue weighted by atomic mass is 35.5. The molecule has 0 bridgehead atoms. The van der Waals surface area contributed by atoms with Crippen molar-refractivity contribution in [2.75, 3.05) is 39.8 Å². The van der Waals surface area contributed by atoms with Crippen LogP contribution in [-0.4, -0.2) is 77.9 Å². The Morgan fingerprint density at radius 3 is 2.35 bits per heavy atom. The van der Waals surface area contributed by atoms with Crippen LogP contribution in [0.15, 0.2) is 48.5 Å². The van der Waals surface area contributed by atoms with Crippen molar-refractivity contribution in [3.63, 3.8) is 0 Å². The molecule has 0 aromatic heterocycles. The van der Waals surface area contributed by atoms with Crippen LogP contribution in [0.2, 0.25) is 5.02 Å². The van der Waals surface area contributed by atoms with E-state index in [0.717, 1.165) is 6.54 Å². The van der Waals surface area contributed by atoms with Crippen molar-refractivity contribution < 1.29 is 14.3 Å². The number of piperazine rings is 2. The fourth-order valence-electron chi connectivity index (χ4n) is 4.79. The first-order chi connectivity index (χ1) is 14.8. The van der Waals surface area contributed by atoms with Gasteiger partial charge in [0.1, 0.15) is 5.75 Å². The number of carbonyl (C=O) groups is 2. The Labute approximate surface area is 188 Å². The standard InChI is InChI=1S/C24H28ClN3O3/c1-24(2)16-27(22(29)17-8-10-18(25)11-9-17)15-19-14-26(12-13-28(19)24)23(30)20-6-4-5-7-21(20)31-3/h4-11,19H,12-16H2,1-3H3/t19-/m0/s1. The number of carbonyl (C=O) groups excluding carboxylic acids is 2. The molecule has 2 aromatic carbocycles. The summed E-state index contributed by atoms with van der Waals surface area (Å²) < 4.78 is 5.38. The molecule has 0 unspecified atom stereocenters. The summed E-state index contributed by atoms with van der Waals surface area (Å²) in [5.41, 5.74) is 1.03. The number of hydrogen-bond donors (Lipinski definition) is 0. The number of para-hydroxylation sites is 1. The predicted octanol–water partition coefficient (Wildman–Crippen LogP) is 3.41. The van der Waals surface area contributed by atoms with Gasteiger partial charge in [-0.05, 0) is 50.2 Å². The molecule has 2 fully saturated rings. The second-order valence-corrected chi connectivity index (χ2v) is 9.24. The summed E-state index contributed by atoms with van der Waals surface area (Å²) in [7, 11) is 1.58. The van der Waals surface area contributed by atoms with Crippen LogP contribution < -0.4 is 4.74 Å². The van der Waals surface area contributed by atoms with Gasteiger partial charge in [-0.15, -0.1) is 0 Å². The first kappa shape index (κ1) is 21.7. The average molecular weight is 442 g/mol. The highest BCUT2D eigenvalue weighted by Crippen LogP contribution is 2.30. The van der Waals surface area contributed by atoms with Gasteiger partial charge in [0.25, 0.3) is 11.8 Å². The lowest BCUT2D eigenvalue weighted by Crippen LogP contribution is -2.70. The zero-order chi connectivity index (χ0) is 22.2. The molecular formula is C24H28ClN3O3. The van der Waals surface area contributed by atoms with Crippen LogP contribution in [0, 0.1) is 0 Å². The second-order valence-electron chi connectivity index (χ2n) is 8.80. The van der Waals surface area contributed by atoms with Crippen molar-refractivity contribution in [3.05, 3.63) is 64.7 Å². The Bertz CT molecular complexity index is 976. The summed E-state index contributed by atoms with van der Waals surface area (Å²) in [5, 5.41) is 0.611. The van der Waals surface area contributed by atoms with E-state index in [4.69, 9.17) is 16.3 Å². The van der Waals surface area contributed by atoms with Crippen molar-refractivity contribution in [1.29, 1.82) is 0 Å². The molecule has 164 valence electrons. The van der Waals surface area contributed by atoms with Gasteiger partial charge < -0.3 is 14.5 Å². The zero-order valence-electron chi connectivity index (χ0n) is 18.2. The Morgan fingerprint density at radius 1 is 0.968 bits per heavy atom. The molecule has 7 heteroatoms. The van der Waals surface area contributed by atoms with Crippen LogP contribution in [0.4, 0.5) is 0 Å². The molecular weight excluding hydrogens is 414 g/mol. The minimum Gasteiger partial charge on any atom is -0.496 e. The number of rotatable bonds is 3. The lowest BCUT2D eigenvalue weighted by Gasteiger charge is -2.55. The maximum atomic E-state index is 13.2. The second kappa shape index (κ2) is 8.52. The van der Waals surface area contributed by atoms with Crippen molar-refractivity contribution in [1.82, 2.24) is 14.7 Å². The fourth-order valence-corrected chi connectivity index (χ4v) is 4.92. The predicted molar refractivity (Wildman–Crippen MR) is 121 cm³/mol. The third-order valence-electron chi connectivity index (χ3n) is 6.27. The van der Waals surface area contributed by atoms with E-state index < -0.39 is 0 Å². The third-order valence-corrected chi connectivity index (χ3v) is 6.52. The molecule has 6 nitrogen and oxygen atoms in total. The van der Waals surface area contributed by atoms with Crippen LogP contribution in [0.3, 0.4) is 0 Å². The van der Waals surface area contributed by atoms with Gasteiger partial charge in [0, 0.05) is 54.9 Å². The number of methoxy groups -OCH3 is 1. The number of ether oxygens (including phenoxy) is 1. The Morgan fingerprint density at radius 2 is 1.65 bits per heavy atom. The molecule has 0 spiro atoms. The van der Waals surface area contributed by atoms with Gasteiger partial charge >= 0.3 is 0 Å². The Kier molecular flexibility index (Phi) is 5.95. The molecule has 2 aliphatic heterocycles. The van der Waals surface area contributed by atoms with Gasteiger partial charge in [0.05, 0.1) is 12.7 Å². The first-order valence-corrected chi connectivity index (χ1v) is 10.9. The summed E-state index contributed by atoms with van der Waals surface area (Å²) in [6.45, 7) is 7.57. The number of amides is 2. The van der Waals surface area contributed by atoms with E-state index in [2.05, 4.69) is 18.7 Å². The lowest BCUT2D eigenvalue weighted by atomic mass is 9.92. The molecule has 2 heterocycles. The van der Waals surface area contributed by atoms with Crippen LogP contribution in [-0.2, 0) is 0 Å². The SMILES string of the molecule is COc1ccccc1C(=O)N1CCN2[C@H](CN(C(=O)c3ccc(Cl)cc3)CC2(C)C)C1. The largest absolute Gasteiger partial charge is 0.496 e. The quantitative estimate of drug-likeness (QED) is 0.732. The van der Waals surface area contributed by atoms with E-state index in [9.17, 15) is 9.59 Å². The maximum absolute atomic E-state index is 13.2. The summed E-state index contributed by atoms with van der Waals surface area (Å²) >= 11 is 5.98. The lowest BCUT2D eigenvalue weighted by molar-refractivity contribution is -0.0507. The zero-order valence-corrected chi connectivity index (χ0v) is 18.9. The smallest absolute Gasteiger partial charge is 0.257 e. The van der Waals surface area contributed by atoms with Gasteiger partial charge in [0.15, 0.2) is 0 Å². The highest BCUT2D eigenvalue weighted by molar-refractivity contribution is 6.30. The topological polar surface area (TPSA) is 53.1 Å². The van der Waals surface area contributed by atoms with Crippen molar-refractivity contribution in [3.8, 4) is 5.75 Å².